The summed E-state index contributed by atoms with van der Waals surface area (Å²) in [5.41, 5.74) is 6.29. The van der Waals surface area contributed by atoms with Gasteiger partial charge in [0.25, 0.3) is 0 Å². The molecule has 0 aliphatic heterocycles. The van der Waals surface area contributed by atoms with E-state index in [9.17, 15) is 9.18 Å². The first-order chi connectivity index (χ1) is 8.45. The number of halogens is 1. The van der Waals surface area contributed by atoms with E-state index >= 15 is 0 Å². The normalized spacial score (nSPS) is 12.3. The molecule has 1 amide bonds. The average Bonchev–Trinajstić information content (AvgIpc) is 2.35. The van der Waals surface area contributed by atoms with E-state index in [2.05, 4.69) is 5.32 Å². The molecule has 100 valence electrons. The van der Waals surface area contributed by atoms with Crippen LogP contribution in [-0.2, 0) is 11.3 Å². The van der Waals surface area contributed by atoms with Crippen molar-refractivity contribution in [1.29, 1.82) is 0 Å². The van der Waals surface area contributed by atoms with Crippen LogP contribution in [-0.4, -0.2) is 19.1 Å². The summed E-state index contributed by atoms with van der Waals surface area (Å²) in [5, 5.41) is 2.67. The van der Waals surface area contributed by atoms with Crippen LogP contribution >= 0.6 is 0 Å². The van der Waals surface area contributed by atoms with Gasteiger partial charge in [-0.2, -0.15) is 0 Å². The monoisotopic (exact) mass is 254 g/mol. The van der Waals surface area contributed by atoms with E-state index in [0.29, 0.717) is 11.3 Å². The molecule has 5 heteroatoms. The fourth-order valence-corrected chi connectivity index (χ4v) is 1.49. The van der Waals surface area contributed by atoms with E-state index in [0.717, 1.165) is 0 Å². The van der Waals surface area contributed by atoms with Gasteiger partial charge in [0.05, 0.1) is 13.2 Å². The molecule has 18 heavy (non-hydrogen) atoms. The Morgan fingerprint density at radius 3 is 2.72 bits per heavy atom. The van der Waals surface area contributed by atoms with Gasteiger partial charge in [-0.15, -0.1) is 0 Å². The number of rotatable bonds is 5. The molecule has 0 aliphatic rings. The van der Waals surface area contributed by atoms with Crippen LogP contribution in [0.3, 0.4) is 0 Å². The Morgan fingerprint density at radius 1 is 1.50 bits per heavy atom. The first-order valence-electron chi connectivity index (χ1n) is 5.81. The van der Waals surface area contributed by atoms with Crippen molar-refractivity contribution in [3.8, 4) is 5.75 Å². The maximum atomic E-state index is 13.1. The molecule has 0 fully saturated rings. The van der Waals surface area contributed by atoms with Gasteiger partial charge in [-0.1, -0.05) is 13.8 Å². The second-order valence-electron chi connectivity index (χ2n) is 4.44. The molecule has 0 aliphatic carbocycles. The Kier molecular flexibility index (Phi) is 5.09. The Morgan fingerprint density at radius 2 is 2.17 bits per heavy atom. The van der Waals surface area contributed by atoms with E-state index in [4.69, 9.17) is 10.5 Å². The molecule has 0 radical (unpaired) electrons. The Balaban J connectivity index is 2.68. The highest BCUT2D eigenvalue weighted by atomic mass is 19.1. The van der Waals surface area contributed by atoms with Crippen molar-refractivity contribution < 1.29 is 13.9 Å². The second-order valence-corrected chi connectivity index (χ2v) is 4.44. The van der Waals surface area contributed by atoms with Gasteiger partial charge in [0.1, 0.15) is 11.6 Å². The summed E-state index contributed by atoms with van der Waals surface area (Å²) in [4.78, 5) is 11.7. The van der Waals surface area contributed by atoms with Crippen LogP contribution in [0.15, 0.2) is 18.2 Å². The van der Waals surface area contributed by atoms with Gasteiger partial charge < -0.3 is 15.8 Å². The number of hydrogen-bond acceptors (Lipinski definition) is 3. The highest BCUT2D eigenvalue weighted by Crippen LogP contribution is 2.18. The number of methoxy groups -OCH3 is 1. The minimum Gasteiger partial charge on any atom is -0.496 e. The average molecular weight is 254 g/mol. The number of ether oxygens (including phenoxy) is 1. The van der Waals surface area contributed by atoms with Gasteiger partial charge in [0.15, 0.2) is 0 Å². The van der Waals surface area contributed by atoms with Gasteiger partial charge in [-0.25, -0.2) is 4.39 Å². The lowest BCUT2D eigenvalue weighted by Gasteiger charge is -2.16. The highest BCUT2D eigenvalue weighted by Gasteiger charge is 2.17. The van der Waals surface area contributed by atoms with E-state index in [1.54, 1.807) is 0 Å². The fraction of sp³-hybridized carbons (Fsp3) is 0.462. The van der Waals surface area contributed by atoms with Crippen LogP contribution in [0.4, 0.5) is 4.39 Å². The molecule has 4 nitrogen and oxygen atoms in total. The van der Waals surface area contributed by atoms with Crippen LogP contribution in [0.2, 0.25) is 0 Å². The van der Waals surface area contributed by atoms with Crippen LogP contribution in [0, 0.1) is 11.7 Å². The van der Waals surface area contributed by atoms with Gasteiger partial charge in [-0.05, 0) is 24.1 Å². The lowest BCUT2D eigenvalue weighted by atomic mass is 10.0. The topological polar surface area (TPSA) is 64.3 Å². The zero-order chi connectivity index (χ0) is 13.7. The fourth-order valence-electron chi connectivity index (χ4n) is 1.49. The van der Waals surface area contributed by atoms with E-state index < -0.39 is 6.04 Å². The summed E-state index contributed by atoms with van der Waals surface area (Å²) in [6.07, 6.45) is 0. The number of nitrogens with one attached hydrogen (secondary N) is 1. The summed E-state index contributed by atoms with van der Waals surface area (Å²) < 4.78 is 18.2. The minimum atomic E-state index is -0.565. The Hall–Kier alpha value is -1.62. The van der Waals surface area contributed by atoms with E-state index in [1.165, 1.54) is 25.3 Å². The highest BCUT2D eigenvalue weighted by molar-refractivity contribution is 5.81. The van der Waals surface area contributed by atoms with Gasteiger partial charge in [-0.3, -0.25) is 4.79 Å². The zero-order valence-electron chi connectivity index (χ0n) is 10.9. The van der Waals surface area contributed by atoms with Crippen molar-refractivity contribution in [2.45, 2.75) is 26.4 Å². The van der Waals surface area contributed by atoms with Crippen LogP contribution < -0.4 is 15.8 Å². The number of nitrogens with two attached hydrogens (primary N) is 1. The van der Waals surface area contributed by atoms with E-state index in [-0.39, 0.29) is 24.2 Å². The third-order valence-electron chi connectivity index (χ3n) is 2.72. The minimum absolute atomic E-state index is 0.0550. The summed E-state index contributed by atoms with van der Waals surface area (Å²) >= 11 is 0. The molecule has 1 aromatic carbocycles. The summed E-state index contributed by atoms with van der Waals surface area (Å²) in [7, 11) is 1.50. The number of amides is 1. The van der Waals surface area contributed by atoms with Crippen molar-refractivity contribution in [3.05, 3.63) is 29.6 Å². The predicted octanol–water partition coefficient (Wildman–Crippen LogP) is 1.43. The molecular formula is C13H19FN2O2. The molecule has 0 saturated carbocycles. The maximum Gasteiger partial charge on any atom is 0.237 e. The number of carbonyl (C=O) groups excluding carboxylic acids is 1. The molecule has 0 heterocycles. The predicted molar refractivity (Wildman–Crippen MR) is 67.6 cm³/mol. The lowest BCUT2D eigenvalue weighted by molar-refractivity contribution is -0.123. The lowest BCUT2D eigenvalue weighted by Crippen LogP contribution is -2.43. The van der Waals surface area contributed by atoms with Crippen molar-refractivity contribution >= 4 is 5.91 Å². The van der Waals surface area contributed by atoms with Gasteiger partial charge >= 0.3 is 0 Å². The first-order valence-corrected chi connectivity index (χ1v) is 5.81. The van der Waals surface area contributed by atoms with E-state index in [1.807, 2.05) is 13.8 Å². The van der Waals surface area contributed by atoms with Gasteiger partial charge in [0.2, 0.25) is 5.91 Å². The third-order valence-corrected chi connectivity index (χ3v) is 2.72. The number of carbonyl (C=O) groups is 1. The summed E-state index contributed by atoms with van der Waals surface area (Å²) in [5.74, 6) is -0.0289. The second kappa shape index (κ2) is 6.35. The number of benzene rings is 1. The quantitative estimate of drug-likeness (QED) is 0.835. The Bertz CT molecular complexity index is 421. The van der Waals surface area contributed by atoms with Gasteiger partial charge in [0, 0.05) is 12.1 Å². The summed E-state index contributed by atoms with van der Waals surface area (Å²) in [6.45, 7) is 3.93. The molecule has 3 N–H and O–H groups in total. The molecule has 1 atom stereocenters. The molecule has 1 rings (SSSR count). The third kappa shape index (κ3) is 3.70. The zero-order valence-corrected chi connectivity index (χ0v) is 10.9. The Labute approximate surface area is 106 Å². The number of hydrogen-bond donors (Lipinski definition) is 2. The smallest absolute Gasteiger partial charge is 0.237 e. The molecule has 0 spiro atoms. The molecule has 0 aromatic heterocycles. The molecule has 0 saturated heterocycles. The molecule has 1 aromatic rings. The molecule has 0 bridgehead atoms. The first kappa shape index (κ1) is 14.4. The SMILES string of the molecule is COc1ccc(F)cc1CNC(=O)C(N)C(C)C. The maximum absolute atomic E-state index is 13.1. The molecular weight excluding hydrogens is 235 g/mol. The van der Waals surface area contributed by atoms with Crippen molar-refractivity contribution in [1.82, 2.24) is 5.32 Å². The summed E-state index contributed by atoms with van der Waals surface area (Å²) in [6, 6.07) is 3.60. The van der Waals surface area contributed by atoms with Crippen LogP contribution in [0.5, 0.6) is 5.75 Å². The van der Waals surface area contributed by atoms with Crippen LogP contribution in [0.1, 0.15) is 19.4 Å². The van der Waals surface area contributed by atoms with Crippen molar-refractivity contribution in [2.24, 2.45) is 11.7 Å². The van der Waals surface area contributed by atoms with Crippen molar-refractivity contribution in [3.63, 3.8) is 0 Å². The van der Waals surface area contributed by atoms with Crippen molar-refractivity contribution in [2.75, 3.05) is 7.11 Å². The standard InChI is InChI=1S/C13H19FN2O2/c1-8(2)12(15)13(17)16-7-9-6-10(14)4-5-11(9)18-3/h4-6,8,12H,7,15H2,1-3H3,(H,16,17). The molecule has 1 unspecified atom stereocenters. The van der Waals surface area contributed by atoms with Crippen LogP contribution in [0.25, 0.3) is 0 Å². The largest absolute Gasteiger partial charge is 0.496 e.